The molecule has 0 saturated carbocycles. The van der Waals surface area contributed by atoms with Gasteiger partial charge in [0.25, 0.3) is 0 Å². The van der Waals surface area contributed by atoms with E-state index in [0.717, 1.165) is 6.42 Å². The lowest BCUT2D eigenvalue weighted by atomic mass is 10.2. The van der Waals surface area contributed by atoms with Crippen molar-refractivity contribution in [2.45, 2.75) is 12.8 Å². The van der Waals surface area contributed by atoms with E-state index in [-0.39, 0.29) is 0 Å². The first kappa shape index (κ1) is 14.3. The average Bonchev–Trinajstić information content (AvgIpc) is 2.99. The van der Waals surface area contributed by atoms with Crippen molar-refractivity contribution in [2.24, 2.45) is 0 Å². The lowest BCUT2D eigenvalue weighted by Crippen LogP contribution is -2.44. The van der Waals surface area contributed by atoms with Gasteiger partial charge < -0.3 is 14.4 Å². The van der Waals surface area contributed by atoms with Gasteiger partial charge in [-0.15, -0.1) is 0 Å². The monoisotopic (exact) mass is 284 g/mol. The number of piperazine rings is 1. The van der Waals surface area contributed by atoms with Crippen molar-refractivity contribution in [1.29, 1.82) is 0 Å². The molecule has 1 saturated heterocycles. The van der Waals surface area contributed by atoms with Crippen LogP contribution < -0.4 is 0 Å². The Morgan fingerprint density at radius 2 is 1.81 bits per heavy atom. The van der Waals surface area contributed by atoms with E-state index in [0.29, 0.717) is 0 Å². The number of aryl methyl sites for hydroxylation is 1. The standard InChI is InChI=1S/C17H24N4/c1-19-12-14-20(15-13-19)10-2-4-16-5-3-11-21(16)17-6-8-18-9-7-17/h3,5-9,11H,2,4,10,12-15H2,1H3. The van der Waals surface area contributed by atoms with Crippen LogP contribution in [-0.2, 0) is 6.42 Å². The molecule has 0 atom stereocenters. The molecule has 0 N–H and O–H groups in total. The maximum Gasteiger partial charge on any atom is 0.0482 e. The van der Waals surface area contributed by atoms with Crippen molar-refractivity contribution in [3.8, 4) is 5.69 Å². The van der Waals surface area contributed by atoms with Crippen molar-refractivity contribution in [2.75, 3.05) is 39.8 Å². The van der Waals surface area contributed by atoms with Crippen molar-refractivity contribution < 1.29 is 0 Å². The molecule has 1 aliphatic rings. The third-order valence-corrected chi connectivity index (χ3v) is 4.28. The molecule has 0 amide bonds. The molecule has 112 valence electrons. The summed E-state index contributed by atoms with van der Waals surface area (Å²) in [6.45, 7) is 6.03. The Balaban J connectivity index is 1.53. The second kappa shape index (κ2) is 6.87. The van der Waals surface area contributed by atoms with Gasteiger partial charge in [-0.05, 0) is 50.7 Å². The third kappa shape index (κ3) is 3.71. The smallest absolute Gasteiger partial charge is 0.0482 e. The van der Waals surface area contributed by atoms with Gasteiger partial charge in [-0.25, -0.2) is 0 Å². The molecule has 0 unspecified atom stereocenters. The molecule has 0 aliphatic carbocycles. The Morgan fingerprint density at radius 1 is 1.05 bits per heavy atom. The van der Waals surface area contributed by atoms with E-state index in [2.05, 4.69) is 56.9 Å². The minimum absolute atomic E-state index is 1.13. The highest BCUT2D eigenvalue weighted by atomic mass is 15.2. The summed E-state index contributed by atoms with van der Waals surface area (Å²) in [4.78, 5) is 9.08. The molecule has 3 rings (SSSR count). The van der Waals surface area contributed by atoms with Gasteiger partial charge in [-0.2, -0.15) is 0 Å². The number of hydrogen-bond acceptors (Lipinski definition) is 3. The first-order valence-corrected chi connectivity index (χ1v) is 7.80. The Kier molecular flexibility index (Phi) is 4.68. The third-order valence-electron chi connectivity index (χ3n) is 4.28. The van der Waals surface area contributed by atoms with Crippen molar-refractivity contribution >= 4 is 0 Å². The van der Waals surface area contributed by atoms with E-state index in [1.165, 1.54) is 50.5 Å². The van der Waals surface area contributed by atoms with Crippen LogP contribution in [0.4, 0.5) is 0 Å². The van der Waals surface area contributed by atoms with Crippen LogP contribution in [0.15, 0.2) is 42.9 Å². The number of likely N-dealkylation sites (N-methyl/N-ethyl adjacent to an activating group) is 1. The SMILES string of the molecule is CN1CCN(CCCc2cccn2-c2ccncc2)CC1. The Morgan fingerprint density at radius 3 is 2.57 bits per heavy atom. The minimum Gasteiger partial charge on any atom is -0.321 e. The largest absolute Gasteiger partial charge is 0.321 e. The highest BCUT2D eigenvalue weighted by Gasteiger charge is 2.13. The number of rotatable bonds is 5. The lowest BCUT2D eigenvalue weighted by molar-refractivity contribution is 0.153. The first-order valence-electron chi connectivity index (χ1n) is 7.80. The zero-order chi connectivity index (χ0) is 14.5. The first-order chi connectivity index (χ1) is 10.3. The fourth-order valence-corrected chi connectivity index (χ4v) is 2.93. The summed E-state index contributed by atoms with van der Waals surface area (Å²) < 4.78 is 2.27. The van der Waals surface area contributed by atoms with Crippen LogP contribution >= 0.6 is 0 Å². The van der Waals surface area contributed by atoms with Gasteiger partial charge in [0.2, 0.25) is 0 Å². The molecule has 3 heterocycles. The summed E-state index contributed by atoms with van der Waals surface area (Å²) in [6.07, 6.45) is 8.19. The van der Waals surface area contributed by atoms with Crippen LogP contribution in [0.1, 0.15) is 12.1 Å². The number of pyridine rings is 1. The molecule has 2 aromatic heterocycles. The predicted molar refractivity (Wildman–Crippen MR) is 85.8 cm³/mol. The van der Waals surface area contributed by atoms with Gasteiger partial charge in [0.1, 0.15) is 0 Å². The molecule has 21 heavy (non-hydrogen) atoms. The average molecular weight is 284 g/mol. The number of aromatic nitrogens is 2. The van der Waals surface area contributed by atoms with Crippen molar-refractivity contribution in [1.82, 2.24) is 19.4 Å². The minimum atomic E-state index is 1.13. The lowest BCUT2D eigenvalue weighted by Gasteiger charge is -2.32. The van der Waals surface area contributed by atoms with Crippen LogP contribution in [0, 0.1) is 0 Å². The molecule has 1 fully saturated rings. The van der Waals surface area contributed by atoms with Gasteiger partial charge >= 0.3 is 0 Å². The topological polar surface area (TPSA) is 24.3 Å². The number of hydrogen-bond donors (Lipinski definition) is 0. The molecule has 2 aromatic rings. The highest BCUT2D eigenvalue weighted by Crippen LogP contribution is 2.13. The van der Waals surface area contributed by atoms with E-state index in [9.17, 15) is 0 Å². The maximum atomic E-state index is 4.09. The van der Waals surface area contributed by atoms with Gasteiger partial charge in [0, 0.05) is 56.2 Å². The van der Waals surface area contributed by atoms with E-state index in [1.807, 2.05) is 12.4 Å². The van der Waals surface area contributed by atoms with Crippen LogP contribution in [0.2, 0.25) is 0 Å². The van der Waals surface area contributed by atoms with Crippen LogP contribution in [0.3, 0.4) is 0 Å². The van der Waals surface area contributed by atoms with Gasteiger partial charge in [-0.3, -0.25) is 4.98 Å². The van der Waals surface area contributed by atoms with Crippen molar-refractivity contribution in [3.63, 3.8) is 0 Å². The molecule has 0 bridgehead atoms. The van der Waals surface area contributed by atoms with Crippen LogP contribution in [0.5, 0.6) is 0 Å². The molecule has 0 aromatic carbocycles. The van der Waals surface area contributed by atoms with E-state index in [1.54, 1.807) is 0 Å². The zero-order valence-corrected chi connectivity index (χ0v) is 12.8. The van der Waals surface area contributed by atoms with E-state index >= 15 is 0 Å². The molecular formula is C17H24N4. The highest BCUT2D eigenvalue weighted by molar-refractivity contribution is 5.32. The molecular weight excluding hydrogens is 260 g/mol. The van der Waals surface area contributed by atoms with Crippen molar-refractivity contribution in [3.05, 3.63) is 48.5 Å². The maximum absolute atomic E-state index is 4.09. The summed E-state index contributed by atoms with van der Waals surface area (Å²) in [5.41, 5.74) is 2.58. The van der Waals surface area contributed by atoms with E-state index in [4.69, 9.17) is 0 Å². The van der Waals surface area contributed by atoms with E-state index < -0.39 is 0 Å². The molecule has 0 spiro atoms. The predicted octanol–water partition coefficient (Wildman–Crippen LogP) is 2.05. The molecule has 4 heteroatoms. The normalized spacial score (nSPS) is 17.2. The van der Waals surface area contributed by atoms with Crippen LogP contribution in [-0.4, -0.2) is 59.1 Å². The van der Waals surface area contributed by atoms with Crippen LogP contribution in [0.25, 0.3) is 5.69 Å². The molecule has 4 nitrogen and oxygen atoms in total. The molecule has 1 aliphatic heterocycles. The number of nitrogens with zero attached hydrogens (tertiary/aromatic N) is 4. The fraction of sp³-hybridized carbons (Fsp3) is 0.471. The summed E-state index contributed by atoms with van der Waals surface area (Å²) in [7, 11) is 2.21. The Labute approximate surface area is 127 Å². The second-order valence-corrected chi connectivity index (χ2v) is 5.82. The summed E-state index contributed by atoms with van der Waals surface area (Å²) >= 11 is 0. The summed E-state index contributed by atoms with van der Waals surface area (Å²) in [5.74, 6) is 0. The summed E-state index contributed by atoms with van der Waals surface area (Å²) in [5, 5.41) is 0. The Hall–Kier alpha value is -1.65. The van der Waals surface area contributed by atoms with Gasteiger partial charge in [-0.1, -0.05) is 0 Å². The van der Waals surface area contributed by atoms with Gasteiger partial charge in [0.05, 0.1) is 0 Å². The second-order valence-electron chi connectivity index (χ2n) is 5.82. The molecule has 0 radical (unpaired) electrons. The fourth-order valence-electron chi connectivity index (χ4n) is 2.93. The quantitative estimate of drug-likeness (QED) is 0.840. The zero-order valence-electron chi connectivity index (χ0n) is 12.8. The summed E-state index contributed by atoms with van der Waals surface area (Å²) in [6, 6.07) is 8.48. The van der Waals surface area contributed by atoms with Gasteiger partial charge in [0.15, 0.2) is 0 Å². The Bertz CT molecular complexity index is 541.